The number of rotatable bonds is 4. The van der Waals surface area contributed by atoms with Crippen molar-refractivity contribution in [1.82, 2.24) is 0 Å². The van der Waals surface area contributed by atoms with Crippen LogP contribution in [0.3, 0.4) is 0 Å². The van der Waals surface area contributed by atoms with Crippen LogP contribution in [0.5, 0.6) is 0 Å². The third-order valence-electron chi connectivity index (χ3n) is 8.66. The van der Waals surface area contributed by atoms with Crippen LogP contribution in [-0.2, 0) is 9.53 Å². The standard InChI is InChI=1S/C27H38O4/c1-16(12-22-13-17(2)26(30)31-22)23-9-10-24-19(6-5-11-27(23,24)4)7-8-20-14-21(28)15-25(29)18(20)3/h7-8,16,21-25,28-29H,2-3,5-6,9-15H2,1,4H3/b19-7+,20-8-/t16-,21-,22+,23-,24+,25+,27-/m1/s1. The van der Waals surface area contributed by atoms with E-state index in [2.05, 4.69) is 39.2 Å². The Morgan fingerprint density at radius 2 is 2.00 bits per heavy atom. The van der Waals surface area contributed by atoms with Gasteiger partial charge in [-0.25, -0.2) is 4.79 Å². The highest BCUT2D eigenvalue weighted by atomic mass is 16.5. The molecule has 0 bridgehead atoms. The van der Waals surface area contributed by atoms with Gasteiger partial charge in [0.2, 0.25) is 0 Å². The average Bonchev–Trinajstić information content (AvgIpc) is 3.22. The number of hydrogen-bond donors (Lipinski definition) is 2. The molecule has 4 fully saturated rings. The summed E-state index contributed by atoms with van der Waals surface area (Å²) in [5.41, 5.74) is 4.15. The molecular formula is C27H38O4. The van der Waals surface area contributed by atoms with E-state index in [0.29, 0.717) is 42.6 Å². The van der Waals surface area contributed by atoms with Crippen molar-refractivity contribution in [2.45, 2.75) is 89.9 Å². The number of aliphatic hydroxyl groups is 2. The molecule has 0 radical (unpaired) electrons. The fraction of sp³-hybridized carbons (Fsp3) is 0.667. The Labute approximate surface area is 186 Å². The Morgan fingerprint density at radius 1 is 1.23 bits per heavy atom. The number of esters is 1. The van der Waals surface area contributed by atoms with Crippen molar-refractivity contribution in [3.63, 3.8) is 0 Å². The Kier molecular flexibility index (Phi) is 6.33. The molecule has 0 aromatic heterocycles. The van der Waals surface area contributed by atoms with Crippen molar-refractivity contribution in [1.29, 1.82) is 0 Å². The number of ether oxygens (including phenoxy) is 1. The smallest absolute Gasteiger partial charge is 0.333 e. The lowest BCUT2D eigenvalue weighted by Gasteiger charge is -2.44. The molecule has 3 saturated carbocycles. The first-order valence-corrected chi connectivity index (χ1v) is 12.0. The average molecular weight is 427 g/mol. The van der Waals surface area contributed by atoms with E-state index in [-0.39, 0.29) is 17.5 Å². The van der Waals surface area contributed by atoms with Crippen molar-refractivity contribution < 1.29 is 19.7 Å². The monoisotopic (exact) mass is 426 g/mol. The lowest BCUT2D eigenvalue weighted by Crippen LogP contribution is -2.36. The third kappa shape index (κ3) is 4.34. The van der Waals surface area contributed by atoms with E-state index in [1.54, 1.807) is 0 Å². The molecule has 31 heavy (non-hydrogen) atoms. The van der Waals surface area contributed by atoms with E-state index in [1.807, 2.05) is 0 Å². The van der Waals surface area contributed by atoms with Crippen LogP contribution >= 0.6 is 0 Å². The summed E-state index contributed by atoms with van der Waals surface area (Å²) in [7, 11) is 0. The zero-order chi connectivity index (χ0) is 22.3. The molecule has 4 aliphatic rings. The Morgan fingerprint density at radius 3 is 2.71 bits per heavy atom. The molecule has 170 valence electrons. The lowest BCUT2D eigenvalue weighted by molar-refractivity contribution is -0.139. The predicted octanol–water partition coefficient (Wildman–Crippen LogP) is 5.03. The molecule has 4 heteroatoms. The molecule has 4 nitrogen and oxygen atoms in total. The molecule has 0 aromatic carbocycles. The van der Waals surface area contributed by atoms with Gasteiger partial charge in [-0.3, -0.25) is 0 Å². The summed E-state index contributed by atoms with van der Waals surface area (Å²) in [6.07, 6.45) is 11.8. The number of allylic oxidation sites excluding steroid dienone is 3. The second-order valence-electron chi connectivity index (χ2n) is 10.7. The topological polar surface area (TPSA) is 66.8 Å². The van der Waals surface area contributed by atoms with Crippen LogP contribution in [0.2, 0.25) is 0 Å². The van der Waals surface area contributed by atoms with Crippen molar-refractivity contribution in [3.8, 4) is 0 Å². The molecule has 7 atom stereocenters. The first-order valence-electron chi connectivity index (χ1n) is 12.0. The molecule has 0 unspecified atom stereocenters. The van der Waals surface area contributed by atoms with Crippen molar-refractivity contribution in [3.05, 3.63) is 47.6 Å². The Balaban J connectivity index is 1.48. The minimum absolute atomic E-state index is 0.00356. The molecule has 2 N–H and O–H groups in total. The quantitative estimate of drug-likeness (QED) is 0.489. The van der Waals surface area contributed by atoms with Crippen LogP contribution in [0.15, 0.2) is 47.6 Å². The van der Waals surface area contributed by atoms with Gasteiger partial charge in [0, 0.05) is 18.4 Å². The first kappa shape index (κ1) is 22.5. The maximum absolute atomic E-state index is 11.7. The predicted molar refractivity (Wildman–Crippen MR) is 122 cm³/mol. The van der Waals surface area contributed by atoms with Crippen LogP contribution in [-0.4, -0.2) is 34.5 Å². The molecule has 3 aliphatic carbocycles. The van der Waals surface area contributed by atoms with Gasteiger partial charge in [-0.05, 0) is 79.3 Å². The Bertz CT molecular complexity index is 805. The molecule has 0 spiro atoms. The van der Waals surface area contributed by atoms with Crippen molar-refractivity contribution >= 4 is 5.97 Å². The van der Waals surface area contributed by atoms with Gasteiger partial charge in [-0.1, -0.05) is 44.7 Å². The van der Waals surface area contributed by atoms with E-state index >= 15 is 0 Å². The second kappa shape index (κ2) is 8.71. The van der Waals surface area contributed by atoms with Gasteiger partial charge in [0.05, 0.1) is 12.2 Å². The largest absolute Gasteiger partial charge is 0.459 e. The SMILES string of the molecule is C=C1C[C@H](C[C@@H](C)[C@H]2CC[C@H]3/C(=C/C=C4/C[C@@H](O)C[C@H](O)C4=C)CCC[C@]23C)OC1=O. The number of aliphatic hydroxyl groups excluding tert-OH is 2. The molecule has 0 amide bonds. The van der Waals surface area contributed by atoms with E-state index in [9.17, 15) is 15.0 Å². The number of hydrogen-bond acceptors (Lipinski definition) is 4. The van der Waals surface area contributed by atoms with Crippen LogP contribution < -0.4 is 0 Å². The zero-order valence-corrected chi connectivity index (χ0v) is 19.1. The van der Waals surface area contributed by atoms with Crippen LogP contribution in [0, 0.1) is 23.2 Å². The van der Waals surface area contributed by atoms with Gasteiger partial charge in [0.25, 0.3) is 0 Å². The van der Waals surface area contributed by atoms with Gasteiger partial charge in [-0.15, -0.1) is 0 Å². The summed E-state index contributed by atoms with van der Waals surface area (Å²) in [6.45, 7) is 12.7. The van der Waals surface area contributed by atoms with Crippen molar-refractivity contribution in [2.24, 2.45) is 23.2 Å². The fourth-order valence-corrected chi connectivity index (χ4v) is 7.02. The summed E-state index contributed by atoms with van der Waals surface area (Å²) in [5.74, 6) is 1.51. The van der Waals surface area contributed by atoms with Crippen molar-refractivity contribution in [2.75, 3.05) is 0 Å². The highest BCUT2D eigenvalue weighted by molar-refractivity contribution is 5.89. The van der Waals surface area contributed by atoms with E-state index in [0.717, 1.165) is 24.0 Å². The number of carbonyl (C=O) groups is 1. The van der Waals surface area contributed by atoms with Gasteiger partial charge < -0.3 is 14.9 Å². The molecule has 1 saturated heterocycles. The summed E-state index contributed by atoms with van der Waals surface area (Å²) in [6, 6.07) is 0. The minimum Gasteiger partial charge on any atom is -0.459 e. The summed E-state index contributed by atoms with van der Waals surface area (Å²) in [5, 5.41) is 20.2. The van der Waals surface area contributed by atoms with Gasteiger partial charge in [0.15, 0.2) is 0 Å². The normalized spacial score (nSPS) is 42.2. The lowest BCUT2D eigenvalue weighted by atomic mass is 9.60. The molecule has 4 rings (SSSR count). The maximum atomic E-state index is 11.7. The highest BCUT2D eigenvalue weighted by Gasteiger charge is 2.51. The molecule has 0 aromatic rings. The first-order chi connectivity index (χ1) is 14.7. The zero-order valence-electron chi connectivity index (χ0n) is 19.1. The van der Waals surface area contributed by atoms with Crippen LogP contribution in [0.1, 0.15) is 71.6 Å². The van der Waals surface area contributed by atoms with Crippen LogP contribution in [0.4, 0.5) is 0 Å². The second-order valence-corrected chi connectivity index (χ2v) is 10.7. The van der Waals surface area contributed by atoms with Gasteiger partial charge >= 0.3 is 5.97 Å². The van der Waals surface area contributed by atoms with Gasteiger partial charge in [0.1, 0.15) is 6.10 Å². The maximum Gasteiger partial charge on any atom is 0.333 e. The molecule has 1 aliphatic heterocycles. The number of carbonyl (C=O) groups excluding carboxylic acids is 1. The summed E-state index contributed by atoms with van der Waals surface area (Å²) < 4.78 is 5.52. The van der Waals surface area contributed by atoms with E-state index in [1.165, 1.54) is 31.3 Å². The molecule has 1 heterocycles. The summed E-state index contributed by atoms with van der Waals surface area (Å²) >= 11 is 0. The van der Waals surface area contributed by atoms with E-state index in [4.69, 9.17) is 4.74 Å². The third-order valence-corrected chi connectivity index (χ3v) is 8.66. The highest BCUT2D eigenvalue weighted by Crippen LogP contribution is 2.60. The molecular weight excluding hydrogens is 388 g/mol. The van der Waals surface area contributed by atoms with Gasteiger partial charge in [-0.2, -0.15) is 0 Å². The fourth-order valence-electron chi connectivity index (χ4n) is 7.02. The number of fused-ring (bicyclic) bond motifs is 1. The Hall–Kier alpha value is -1.65. The van der Waals surface area contributed by atoms with E-state index < -0.39 is 12.2 Å². The minimum atomic E-state index is -0.637. The number of cyclic esters (lactones) is 1. The van der Waals surface area contributed by atoms with Crippen LogP contribution in [0.25, 0.3) is 0 Å². The summed E-state index contributed by atoms with van der Waals surface area (Å²) in [4.78, 5) is 11.7.